The van der Waals surface area contributed by atoms with Gasteiger partial charge in [-0.3, -0.25) is 0 Å². The molecule has 80 valence electrons. The minimum Gasteiger partial charge on any atom is -0.192 e. The summed E-state index contributed by atoms with van der Waals surface area (Å²) in [6.07, 6.45) is 0. The lowest BCUT2D eigenvalue weighted by Crippen LogP contribution is -1.89. The monoisotopic (exact) mass is 218 g/mol. The van der Waals surface area contributed by atoms with Crippen molar-refractivity contribution in [1.82, 2.24) is 0 Å². The Bertz CT molecular complexity index is 643. The van der Waals surface area contributed by atoms with Crippen molar-refractivity contribution in [1.29, 1.82) is 10.5 Å². The van der Waals surface area contributed by atoms with Gasteiger partial charge in [0.05, 0.1) is 23.3 Å². The quantitative estimate of drug-likeness (QED) is 0.736. The van der Waals surface area contributed by atoms with Crippen LogP contribution < -0.4 is 0 Å². The van der Waals surface area contributed by atoms with E-state index >= 15 is 0 Å². The maximum Gasteiger partial charge on any atom is 0.0998 e. The topological polar surface area (TPSA) is 47.6 Å². The summed E-state index contributed by atoms with van der Waals surface area (Å²) < 4.78 is 0. The molecule has 0 amide bonds. The maximum absolute atomic E-state index is 9.13. The van der Waals surface area contributed by atoms with Crippen LogP contribution in [0.2, 0.25) is 0 Å². The Morgan fingerprint density at radius 1 is 0.824 bits per heavy atom. The van der Waals surface area contributed by atoms with E-state index in [-0.39, 0.29) is 0 Å². The lowest BCUT2D eigenvalue weighted by molar-refractivity contribution is 1.41. The Labute approximate surface area is 100 Å². The summed E-state index contributed by atoms with van der Waals surface area (Å²) in [7, 11) is 0. The first-order valence-electron chi connectivity index (χ1n) is 5.26. The molecule has 0 aliphatic heterocycles. The highest BCUT2D eigenvalue weighted by atomic mass is 14.3. The molecule has 17 heavy (non-hydrogen) atoms. The van der Waals surface area contributed by atoms with Crippen LogP contribution in [0.3, 0.4) is 0 Å². The molecule has 2 heteroatoms. The molecule has 0 saturated carbocycles. The van der Waals surface area contributed by atoms with Gasteiger partial charge in [-0.1, -0.05) is 30.3 Å². The van der Waals surface area contributed by atoms with Crippen molar-refractivity contribution in [3.63, 3.8) is 0 Å². The zero-order valence-corrected chi connectivity index (χ0v) is 9.44. The smallest absolute Gasteiger partial charge is 0.0998 e. The molecule has 2 aromatic rings. The zero-order valence-electron chi connectivity index (χ0n) is 9.44. The predicted molar refractivity (Wildman–Crippen MR) is 66.0 cm³/mol. The van der Waals surface area contributed by atoms with Crippen molar-refractivity contribution < 1.29 is 0 Å². The second-order valence-corrected chi connectivity index (χ2v) is 3.82. The molecule has 0 heterocycles. The summed E-state index contributed by atoms with van der Waals surface area (Å²) in [5, 5.41) is 18.2. The predicted octanol–water partition coefficient (Wildman–Crippen LogP) is 3.41. The fraction of sp³-hybridized carbons (Fsp3) is 0.0667. The standard InChI is InChI=1S/C15H10N2/c1-11-6-7-15(13(8-11)10-17)14-5-3-2-4-12(14)9-16/h2-8H,1H3. The Morgan fingerprint density at radius 2 is 1.47 bits per heavy atom. The third-order valence-corrected chi connectivity index (χ3v) is 2.63. The van der Waals surface area contributed by atoms with Gasteiger partial charge in [-0.05, 0) is 24.6 Å². The molecule has 0 unspecified atom stereocenters. The molecule has 2 rings (SSSR count). The van der Waals surface area contributed by atoms with Crippen LogP contribution in [-0.2, 0) is 0 Å². The van der Waals surface area contributed by atoms with E-state index in [1.807, 2.05) is 43.3 Å². The summed E-state index contributed by atoms with van der Waals surface area (Å²) in [6, 6.07) is 17.3. The second-order valence-electron chi connectivity index (χ2n) is 3.82. The first kappa shape index (κ1) is 10.9. The number of benzene rings is 2. The van der Waals surface area contributed by atoms with Gasteiger partial charge in [0, 0.05) is 11.1 Å². The molecule has 0 aliphatic carbocycles. The first-order valence-corrected chi connectivity index (χ1v) is 5.26. The van der Waals surface area contributed by atoms with Gasteiger partial charge in [0.1, 0.15) is 0 Å². The zero-order chi connectivity index (χ0) is 12.3. The van der Waals surface area contributed by atoms with Gasteiger partial charge in [-0.15, -0.1) is 0 Å². The Kier molecular flexibility index (Phi) is 2.90. The number of nitriles is 2. The third kappa shape index (κ3) is 2.02. The van der Waals surface area contributed by atoms with E-state index < -0.39 is 0 Å². The highest BCUT2D eigenvalue weighted by Gasteiger charge is 2.08. The molecule has 0 atom stereocenters. The summed E-state index contributed by atoms with van der Waals surface area (Å²) >= 11 is 0. The van der Waals surface area contributed by atoms with E-state index in [1.165, 1.54) is 0 Å². The third-order valence-electron chi connectivity index (χ3n) is 2.63. The van der Waals surface area contributed by atoms with E-state index in [0.29, 0.717) is 11.1 Å². The fourth-order valence-corrected chi connectivity index (χ4v) is 1.80. The van der Waals surface area contributed by atoms with Crippen LogP contribution in [-0.4, -0.2) is 0 Å². The SMILES string of the molecule is Cc1ccc(-c2ccccc2C#N)c(C#N)c1. The van der Waals surface area contributed by atoms with Crippen molar-refractivity contribution in [3.8, 4) is 23.3 Å². The van der Waals surface area contributed by atoms with E-state index in [9.17, 15) is 0 Å². The number of hydrogen-bond donors (Lipinski definition) is 0. The number of nitrogens with zero attached hydrogens (tertiary/aromatic N) is 2. The average Bonchev–Trinajstić information content (AvgIpc) is 2.38. The summed E-state index contributed by atoms with van der Waals surface area (Å²) in [5.41, 5.74) is 3.86. The van der Waals surface area contributed by atoms with Gasteiger partial charge in [-0.25, -0.2) is 0 Å². The average molecular weight is 218 g/mol. The Balaban J connectivity index is 2.70. The van der Waals surface area contributed by atoms with Crippen molar-refractivity contribution in [2.24, 2.45) is 0 Å². The lowest BCUT2D eigenvalue weighted by atomic mass is 9.95. The van der Waals surface area contributed by atoms with Crippen molar-refractivity contribution in [3.05, 3.63) is 59.2 Å². The number of aryl methyl sites for hydroxylation is 1. The van der Waals surface area contributed by atoms with Gasteiger partial charge >= 0.3 is 0 Å². The molecule has 0 aromatic heterocycles. The molecular weight excluding hydrogens is 208 g/mol. The van der Waals surface area contributed by atoms with Gasteiger partial charge in [0.2, 0.25) is 0 Å². The molecule has 0 aliphatic rings. The summed E-state index contributed by atoms with van der Waals surface area (Å²) in [6.45, 7) is 1.95. The van der Waals surface area contributed by atoms with Crippen LogP contribution in [0.15, 0.2) is 42.5 Å². The van der Waals surface area contributed by atoms with E-state index in [2.05, 4.69) is 12.1 Å². The highest BCUT2D eigenvalue weighted by Crippen LogP contribution is 2.27. The molecule has 2 nitrogen and oxygen atoms in total. The van der Waals surface area contributed by atoms with Crippen molar-refractivity contribution in [2.75, 3.05) is 0 Å². The second kappa shape index (κ2) is 4.51. The van der Waals surface area contributed by atoms with Crippen LogP contribution >= 0.6 is 0 Å². The summed E-state index contributed by atoms with van der Waals surface area (Å²) in [5.74, 6) is 0. The normalized spacial score (nSPS) is 9.35. The van der Waals surface area contributed by atoms with Gasteiger partial charge in [0.25, 0.3) is 0 Å². The molecule has 0 fully saturated rings. The maximum atomic E-state index is 9.13. The Morgan fingerprint density at radius 3 is 2.18 bits per heavy atom. The molecular formula is C15H10N2. The van der Waals surface area contributed by atoms with E-state index in [0.717, 1.165) is 16.7 Å². The van der Waals surface area contributed by atoms with E-state index in [1.54, 1.807) is 6.07 Å². The number of hydrogen-bond acceptors (Lipinski definition) is 2. The first-order chi connectivity index (χ1) is 8.26. The molecule has 2 aromatic carbocycles. The van der Waals surface area contributed by atoms with Crippen molar-refractivity contribution >= 4 is 0 Å². The van der Waals surface area contributed by atoms with Gasteiger partial charge in [-0.2, -0.15) is 10.5 Å². The minimum absolute atomic E-state index is 0.591. The highest BCUT2D eigenvalue weighted by molar-refractivity contribution is 5.75. The van der Waals surface area contributed by atoms with E-state index in [4.69, 9.17) is 10.5 Å². The molecule has 0 spiro atoms. The minimum atomic E-state index is 0.591. The largest absolute Gasteiger partial charge is 0.192 e. The van der Waals surface area contributed by atoms with Crippen LogP contribution in [0.5, 0.6) is 0 Å². The lowest BCUT2D eigenvalue weighted by Gasteiger charge is -2.06. The molecule has 0 radical (unpaired) electrons. The number of rotatable bonds is 1. The van der Waals surface area contributed by atoms with Gasteiger partial charge < -0.3 is 0 Å². The van der Waals surface area contributed by atoms with Crippen LogP contribution in [0, 0.1) is 29.6 Å². The molecule has 0 N–H and O–H groups in total. The fourth-order valence-electron chi connectivity index (χ4n) is 1.80. The van der Waals surface area contributed by atoms with Crippen LogP contribution in [0.4, 0.5) is 0 Å². The van der Waals surface area contributed by atoms with Crippen molar-refractivity contribution in [2.45, 2.75) is 6.92 Å². The van der Waals surface area contributed by atoms with Crippen LogP contribution in [0.25, 0.3) is 11.1 Å². The Hall–Kier alpha value is -2.58. The summed E-state index contributed by atoms with van der Waals surface area (Å²) in [4.78, 5) is 0. The molecule has 0 saturated heterocycles. The van der Waals surface area contributed by atoms with Gasteiger partial charge in [0.15, 0.2) is 0 Å². The van der Waals surface area contributed by atoms with Crippen LogP contribution in [0.1, 0.15) is 16.7 Å². The molecule has 0 bridgehead atoms.